The van der Waals surface area contributed by atoms with Crippen molar-refractivity contribution in [3.05, 3.63) is 73.6 Å². The molecule has 1 aliphatic heterocycles. The molecule has 0 radical (unpaired) electrons. The van der Waals surface area contributed by atoms with Crippen LogP contribution in [0.5, 0.6) is 0 Å². The van der Waals surface area contributed by atoms with Crippen LogP contribution in [0.1, 0.15) is 27.7 Å². The number of thiophene rings is 1. The molecule has 2 aromatic heterocycles. The lowest BCUT2D eigenvalue weighted by Gasteiger charge is -2.26. The van der Waals surface area contributed by atoms with Crippen LogP contribution in [0.15, 0.2) is 42.5 Å². The molecule has 0 unspecified atom stereocenters. The number of nitrogens with zero attached hydrogens (tertiary/aromatic N) is 3. The normalized spacial score (nSPS) is 12.9. The molecule has 0 atom stereocenters. The summed E-state index contributed by atoms with van der Waals surface area (Å²) in [6.45, 7) is 2.87. The van der Waals surface area contributed by atoms with Crippen molar-refractivity contribution in [3.8, 4) is 10.6 Å². The average molecular weight is 543 g/mol. The first-order valence-corrected chi connectivity index (χ1v) is 13.0. The second kappa shape index (κ2) is 9.84. The van der Waals surface area contributed by atoms with Crippen molar-refractivity contribution < 1.29 is 19.2 Å². The Balaban J connectivity index is 1.56. The van der Waals surface area contributed by atoms with Gasteiger partial charge in [0.05, 0.1) is 38.9 Å². The molecule has 4 aromatic rings. The van der Waals surface area contributed by atoms with Crippen LogP contribution in [0.3, 0.4) is 0 Å². The molecule has 1 aliphatic rings. The van der Waals surface area contributed by atoms with Gasteiger partial charge in [-0.25, -0.2) is 9.78 Å². The highest BCUT2D eigenvalue weighted by atomic mass is 35.5. The number of benzene rings is 2. The molecule has 2 aromatic carbocycles. The van der Waals surface area contributed by atoms with Crippen LogP contribution in [0.2, 0.25) is 5.02 Å². The van der Waals surface area contributed by atoms with Crippen LogP contribution in [-0.2, 0) is 17.7 Å². The topological polar surface area (TPSA) is 115 Å². The van der Waals surface area contributed by atoms with Gasteiger partial charge in [0.25, 0.3) is 11.6 Å². The van der Waals surface area contributed by atoms with E-state index in [9.17, 15) is 19.7 Å². The van der Waals surface area contributed by atoms with Gasteiger partial charge in [0.2, 0.25) is 0 Å². The largest absolute Gasteiger partial charge is 0.450 e. The number of aromatic nitrogens is 1. The summed E-state index contributed by atoms with van der Waals surface area (Å²) in [6, 6.07) is 11.5. The van der Waals surface area contributed by atoms with E-state index in [1.54, 1.807) is 11.8 Å². The lowest BCUT2D eigenvalue weighted by Crippen LogP contribution is -2.35. The van der Waals surface area contributed by atoms with Crippen molar-refractivity contribution in [1.29, 1.82) is 0 Å². The molecule has 2 amide bonds. The molecule has 0 saturated heterocycles. The zero-order valence-corrected chi connectivity index (χ0v) is 21.3. The summed E-state index contributed by atoms with van der Waals surface area (Å²) in [6.07, 6.45) is 0.190. The average Bonchev–Trinajstić information content (AvgIpc) is 3.44. The van der Waals surface area contributed by atoms with Gasteiger partial charge in [-0.2, -0.15) is 0 Å². The maximum atomic E-state index is 13.2. The Kier molecular flexibility index (Phi) is 6.61. The van der Waals surface area contributed by atoms with Crippen LogP contribution in [0, 0.1) is 10.1 Å². The Bertz CT molecular complexity index is 1480. The molecule has 0 spiro atoms. The SMILES string of the molecule is CCOC(=O)N1CCc2c(sc(NC(=O)c3cc([N+](=O)[O-])ccc3Cl)c2-c2nc3ccccc3s2)C1. The minimum absolute atomic E-state index is 0.000591. The molecule has 1 N–H and O–H groups in total. The van der Waals surface area contributed by atoms with Crippen molar-refractivity contribution >= 4 is 67.2 Å². The predicted octanol–water partition coefficient (Wildman–Crippen LogP) is 6.35. The molecule has 9 nitrogen and oxygen atoms in total. The summed E-state index contributed by atoms with van der Waals surface area (Å²) in [5.41, 5.74) is 2.43. The number of rotatable bonds is 5. The zero-order valence-electron chi connectivity index (χ0n) is 18.9. The lowest BCUT2D eigenvalue weighted by atomic mass is 10.0. The van der Waals surface area contributed by atoms with Gasteiger partial charge in [-0.3, -0.25) is 14.9 Å². The first-order valence-electron chi connectivity index (χ1n) is 11.0. The van der Waals surface area contributed by atoms with Crippen molar-refractivity contribution in [1.82, 2.24) is 9.88 Å². The molecule has 0 aliphatic carbocycles. The first-order chi connectivity index (χ1) is 17.4. The fraction of sp³-hybridized carbons (Fsp3) is 0.208. The number of nitro groups is 1. The van der Waals surface area contributed by atoms with E-state index in [0.29, 0.717) is 24.5 Å². The number of carbonyl (C=O) groups is 2. The minimum atomic E-state index is -0.576. The summed E-state index contributed by atoms with van der Waals surface area (Å²) in [5, 5.41) is 15.5. The third-order valence-electron chi connectivity index (χ3n) is 5.72. The van der Waals surface area contributed by atoms with Crippen LogP contribution in [-0.4, -0.2) is 40.0 Å². The van der Waals surface area contributed by atoms with Gasteiger partial charge >= 0.3 is 6.09 Å². The number of fused-ring (bicyclic) bond motifs is 2. The zero-order chi connectivity index (χ0) is 25.4. The van der Waals surface area contributed by atoms with Crippen LogP contribution < -0.4 is 5.32 Å². The number of hydrogen-bond acceptors (Lipinski definition) is 8. The van der Waals surface area contributed by atoms with Gasteiger partial charge in [-0.1, -0.05) is 23.7 Å². The second-order valence-electron chi connectivity index (χ2n) is 7.94. The monoisotopic (exact) mass is 542 g/mol. The van der Waals surface area contributed by atoms with Crippen molar-refractivity contribution in [2.45, 2.75) is 19.9 Å². The molecule has 3 heterocycles. The Morgan fingerprint density at radius 1 is 1.25 bits per heavy atom. The number of thiazole rings is 1. The standard InChI is InChI=1S/C24H19ClN4O5S2/c1-2-34-24(31)28-10-9-14-19(12-28)36-23(20(14)22-26-17-5-3-4-6-18(17)35-22)27-21(30)15-11-13(29(32)33)7-8-16(15)25/h3-8,11H,2,9-10,12H2,1H3,(H,27,30). The van der Waals surface area contributed by atoms with Crippen LogP contribution in [0.4, 0.5) is 15.5 Å². The number of non-ortho nitro benzene ring substituents is 1. The number of hydrogen-bond donors (Lipinski definition) is 1. The van der Waals surface area contributed by atoms with Crippen LogP contribution >= 0.6 is 34.3 Å². The Hall–Kier alpha value is -3.54. The fourth-order valence-electron chi connectivity index (χ4n) is 4.04. The maximum Gasteiger partial charge on any atom is 0.410 e. The molecular formula is C24H19ClN4O5S2. The number of anilines is 1. The Morgan fingerprint density at radius 2 is 2.06 bits per heavy atom. The van der Waals surface area contributed by atoms with E-state index in [-0.39, 0.29) is 29.0 Å². The summed E-state index contributed by atoms with van der Waals surface area (Å²) >= 11 is 9.08. The summed E-state index contributed by atoms with van der Waals surface area (Å²) in [7, 11) is 0. The molecule has 0 fully saturated rings. The number of halogens is 1. The highest BCUT2D eigenvalue weighted by Crippen LogP contribution is 2.46. The van der Waals surface area contributed by atoms with E-state index >= 15 is 0 Å². The van der Waals surface area contributed by atoms with Gasteiger partial charge < -0.3 is 15.0 Å². The van der Waals surface area contributed by atoms with Gasteiger partial charge in [0.15, 0.2) is 0 Å². The summed E-state index contributed by atoms with van der Waals surface area (Å²) in [5.74, 6) is -0.563. The van der Waals surface area contributed by atoms with Gasteiger partial charge in [0, 0.05) is 29.1 Å². The molecule has 0 bridgehead atoms. The van der Waals surface area contributed by atoms with Gasteiger partial charge in [-0.05, 0) is 37.1 Å². The molecule has 184 valence electrons. The maximum absolute atomic E-state index is 13.2. The quantitative estimate of drug-likeness (QED) is 0.232. The predicted molar refractivity (Wildman–Crippen MR) is 140 cm³/mol. The van der Waals surface area contributed by atoms with E-state index in [1.807, 2.05) is 24.3 Å². The lowest BCUT2D eigenvalue weighted by molar-refractivity contribution is -0.384. The number of nitrogens with one attached hydrogen (secondary N) is 1. The van der Waals surface area contributed by atoms with Crippen molar-refractivity contribution in [2.75, 3.05) is 18.5 Å². The number of para-hydroxylation sites is 1. The highest BCUT2D eigenvalue weighted by Gasteiger charge is 2.30. The van der Waals surface area contributed by atoms with E-state index in [4.69, 9.17) is 21.3 Å². The van der Waals surface area contributed by atoms with Gasteiger partial charge in [-0.15, -0.1) is 22.7 Å². The number of carbonyl (C=O) groups excluding carboxylic acids is 2. The van der Waals surface area contributed by atoms with Crippen molar-refractivity contribution in [2.24, 2.45) is 0 Å². The van der Waals surface area contributed by atoms with Gasteiger partial charge in [0.1, 0.15) is 10.0 Å². The van der Waals surface area contributed by atoms with E-state index in [1.165, 1.54) is 34.8 Å². The van der Waals surface area contributed by atoms with Crippen LogP contribution in [0.25, 0.3) is 20.8 Å². The Labute approximate surface area is 218 Å². The third kappa shape index (κ3) is 4.52. The summed E-state index contributed by atoms with van der Waals surface area (Å²) in [4.78, 5) is 43.5. The van der Waals surface area contributed by atoms with E-state index < -0.39 is 10.8 Å². The molecular weight excluding hydrogens is 524 g/mol. The first kappa shape index (κ1) is 24.2. The highest BCUT2D eigenvalue weighted by molar-refractivity contribution is 7.23. The summed E-state index contributed by atoms with van der Waals surface area (Å²) < 4.78 is 6.18. The molecule has 5 rings (SSSR count). The smallest absolute Gasteiger partial charge is 0.410 e. The number of ether oxygens (including phenoxy) is 1. The van der Waals surface area contributed by atoms with Crippen molar-refractivity contribution in [3.63, 3.8) is 0 Å². The Morgan fingerprint density at radius 3 is 2.81 bits per heavy atom. The number of nitro benzene ring substituents is 1. The molecule has 0 saturated carbocycles. The number of amides is 2. The second-order valence-corrected chi connectivity index (χ2v) is 10.5. The van der Waals surface area contributed by atoms with E-state index in [2.05, 4.69) is 5.32 Å². The minimum Gasteiger partial charge on any atom is -0.450 e. The third-order valence-corrected chi connectivity index (χ3v) is 8.24. The molecule has 12 heteroatoms. The van der Waals surface area contributed by atoms with E-state index in [0.717, 1.165) is 37.3 Å². The molecule has 36 heavy (non-hydrogen) atoms. The fourth-order valence-corrected chi connectivity index (χ4v) is 6.61.